The van der Waals surface area contributed by atoms with E-state index in [0.29, 0.717) is 19.4 Å². The van der Waals surface area contributed by atoms with Gasteiger partial charge in [0.05, 0.1) is 6.42 Å². The van der Waals surface area contributed by atoms with Gasteiger partial charge >= 0.3 is 0 Å². The monoisotopic (exact) mass is 297 g/mol. The number of amides is 2. The summed E-state index contributed by atoms with van der Waals surface area (Å²) in [7, 11) is 1.58. The molecule has 0 fully saturated rings. The largest absolute Gasteiger partial charge is 0.357 e. The number of hydrogen-bond donors (Lipinski definition) is 3. The molecular weight excluding hydrogens is 274 g/mol. The number of nitrogens with one attached hydrogen (secondary N) is 2. The number of carbonyl (C=O) groups excluding carboxylic acids is 2. The van der Waals surface area contributed by atoms with E-state index < -0.39 is 6.04 Å². The Morgan fingerprint density at radius 3 is 2.85 bits per heavy atom. The van der Waals surface area contributed by atoms with E-state index in [2.05, 4.69) is 10.6 Å². The van der Waals surface area contributed by atoms with Crippen LogP contribution in [0.1, 0.15) is 32.1 Å². The molecular formula is C14H23N3O2S. The molecule has 1 atom stereocenters. The summed E-state index contributed by atoms with van der Waals surface area (Å²) in [5.74, 6) is -0.263. The summed E-state index contributed by atoms with van der Waals surface area (Å²) in [5, 5.41) is 7.38. The minimum atomic E-state index is -0.469. The third-order valence-corrected chi connectivity index (χ3v) is 3.92. The first-order chi connectivity index (χ1) is 9.67. The Labute approximate surface area is 124 Å². The van der Waals surface area contributed by atoms with Crippen LogP contribution in [0.3, 0.4) is 0 Å². The maximum Gasteiger partial charge on any atom is 0.242 e. The number of carbonyl (C=O) groups is 2. The molecule has 0 aliphatic carbocycles. The van der Waals surface area contributed by atoms with Crippen LogP contribution in [-0.4, -0.2) is 31.4 Å². The highest BCUT2D eigenvalue weighted by Crippen LogP contribution is 2.25. The zero-order valence-electron chi connectivity index (χ0n) is 11.9. The maximum absolute atomic E-state index is 12.0. The van der Waals surface area contributed by atoms with Crippen LogP contribution >= 0.6 is 11.8 Å². The molecule has 6 heteroatoms. The van der Waals surface area contributed by atoms with Gasteiger partial charge in [-0.15, -0.1) is 11.8 Å². The van der Waals surface area contributed by atoms with Crippen molar-refractivity contribution in [1.29, 1.82) is 0 Å². The second-order valence-corrected chi connectivity index (χ2v) is 5.62. The van der Waals surface area contributed by atoms with Crippen molar-refractivity contribution in [2.75, 3.05) is 13.6 Å². The van der Waals surface area contributed by atoms with E-state index in [1.54, 1.807) is 18.8 Å². The van der Waals surface area contributed by atoms with Gasteiger partial charge in [0, 0.05) is 7.05 Å². The second-order valence-electron chi connectivity index (χ2n) is 4.59. The van der Waals surface area contributed by atoms with Gasteiger partial charge < -0.3 is 16.4 Å². The number of nitrogens with two attached hydrogens (primary N) is 1. The van der Waals surface area contributed by atoms with Gasteiger partial charge in [-0.25, -0.2) is 0 Å². The van der Waals surface area contributed by atoms with Crippen molar-refractivity contribution in [2.45, 2.75) is 38.1 Å². The minimum absolute atomic E-state index is 0.111. The number of unbranched alkanes of at least 4 members (excludes halogenated alkanes) is 1. The number of thioether (sulfide) groups is 1. The molecule has 0 bridgehead atoms. The van der Waals surface area contributed by atoms with Crippen molar-refractivity contribution < 1.29 is 9.59 Å². The third-order valence-electron chi connectivity index (χ3n) is 2.98. The van der Waals surface area contributed by atoms with Crippen LogP contribution in [0, 0.1) is 0 Å². The quantitative estimate of drug-likeness (QED) is 0.589. The predicted molar refractivity (Wildman–Crippen MR) is 83.0 cm³/mol. The Morgan fingerprint density at radius 2 is 2.25 bits per heavy atom. The molecule has 0 aromatic heterocycles. The summed E-state index contributed by atoms with van der Waals surface area (Å²) >= 11 is 1.56. The first kappa shape index (κ1) is 16.8. The van der Waals surface area contributed by atoms with Crippen molar-refractivity contribution in [2.24, 2.45) is 5.73 Å². The average Bonchev–Trinajstić information content (AvgIpc) is 2.46. The highest BCUT2D eigenvalue weighted by molar-refractivity contribution is 8.05. The normalized spacial score (nSPS) is 15.4. The second kappa shape index (κ2) is 9.61. The van der Waals surface area contributed by atoms with Gasteiger partial charge in [0.2, 0.25) is 11.8 Å². The van der Waals surface area contributed by atoms with Crippen molar-refractivity contribution in [3.8, 4) is 0 Å². The topological polar surface area (TPSA) is 84.2 Å². The van der Waals surface area contributed by atoms with Gasteiger partial charge in [0.25, 0.3) is 0 Å². The summed E-state index contributed by atoms with van der Waals surface area (Å²) in [6.07, 6.45) is 7.59. The van der Waals surface area contributed by atoms with Crippen LogP contribution in [0.5, 0.6) is 0 Å². The first-order valence-electron chi connectivity index (χ1n) is 6.89. The maximum atomic E-state index is 12.0. The Balaban J connectivity index is 2.44. The molecule has 5 nitrogen and oxygen atoms in total. The Bertz CT molecular complexity index is 394. The predicted octanol–water partition coefficient (Wildman–Crippen LogP) is 1.27. The lowest BCUT2D eigenvalue weighted by Crippen LogP contribution is -2.45. The number of likely N-dealkylation sites (N-methyl/N-ethyl adjacent to an activating group) is 1. The van der Waals surface area contributed by atoms with E-state index in [1.165, 1.54) is 0 Å². The summed E-state index contributed by atoms with van der Waals surface area (Å²) < 4.78 is 0. The number of hydrogen-bond acceptors (Lipinski definition) is 4. The molecule has 112 valence electrons. The fourth-order valence-electron chi connectivity index (χ4n) is 1.89. The molecule has 0 aromatic carbocycles. The molecule has 1 aliphatic heterocycles. The molecule has 1 rings (SSSR count). The van der Waals surface area contributed by atoms with Crippen molar-refractivity contribution in [3.05, 3.63) is 22.5 Å². The molecule has 4 N–H and O–H groups in total. The van der Waals surface area contributed by atoms with Crippen molar-refractivity contribution in [1.82, 2.24) is 10.6 Å². The fraction of sp³-hybridized carbons (Fsp3) is 0.571. The zero-order chi connectivity index (χ0) is 14.8. The zero-order valence-corrected chi connectivity index (χ0v) is 12.7. The van der Waals surface area contributed by atoms with E-state index in [0.717, 1.165) is 24.2 Å². The minimum Gasteiger partial charge on any atom is -0.357 e. The lowest BCUT2D eigenvalue weighted by Gasteiger charge is -2.17. The lowest BCUT2D eigenvalue weighted by molar-refractivity contribution is -0.128. The lowest BCUT2D eigenvalue weighted by atomic mass is 10.1. The molecule has 1 heterocycles. The van der Waals surface area contributed by atoms with Crippen LogP contribution in [0.15, 0.2) is 22.5 Å². The number of allylic oxidation sites excluding steroid dienone is 2. The molecule has 0 saturated carbocycles. The molecule has 1 unspecified atom stereocenters. The molecule has 20 heavy (non-hydrogen) atoms. The van der Waals surface area contributed by atoms with Crippen molar-refractivity contribution in [3.63, 3.8) is 0 Å². The van der Waals surface area contributed by atoms with Gasteiger partial charge in [-0.2, -0.15) is 0 Å². The van der Waals surface area contributed by atoms with E-state index in [1.807, 2.05) is 17.6 Å². The van der Waals surface area contributed by atoms with Crippen LogP contribution in [0.4, 0.5) is 0 Å². The van der Waals surface area contributed by atoms with Gasteiger partial charge in [0.1, 0.15) is 6.04 Å². The van der Waals surface area contributed by atoms with Crippen LogP contribution < -0.4 is 16.4 Å². The third kappa shape index (κ3) is 6.25. The Morgan fingerprint density at radius 1 is 1.45 bits per heavy atom. The SMILES string of the molecule is CNC(=O)C(CCCCN)NC(=O)CC1=CCC=CS1. The van der Waals surface area contributed by atoms with Crippen LogP contribution in [0.2, 0.25) is 0 Å². The van der Waals surface area contributed by atoms with Gasteiger partial charge in [-0.3, -0.25) is 9.59 Å². The standard InChI is InChI=1S/C14H23N3O2S/c1-16-14(19)12(7-2-4-8-15)17-13(18)10-11-6-3-5-9-20-11/h5-6,9,12H,2-4,7-8,10,15H2,1H3,(H,16,19)(H,17,18). The summed E-state index contributed by atoms with van der Waals surface area (Å²) in [6.45, 7) is 0.601. The van der Waals surface area contributed by atoms with Crippen LogP contribution in [0.25, 0.3) is 0 Å². The molecule has 2 amide bonds. The summed E-state index contributed by atoms with van der Waals surface area (Å²) in [6, 6.07) is -0.469. The highest BCUT2D eigenvalue weighted by Gasteiger charge is 2.19. The van der Waals surface area contributed by atoms with Crippen LogP contribution in [-0.2, 0) is 9.59 Å². The first-order valence-corrected chi connectivity index (χ1v) is 7.77. The average molecular weight is 297 g/mol. The van der Waals surface area contributed by atoms with E-state index in [-0.39, 0.29) is 11.8 Å². The molecule has 0 aromatic rings. The molecule has 1 aliphatic rings. The van der Waals surface area contributed by atoms with E-state index in [4.69, 9.17) is 5.73 Å². The molecule has 0 radical (unpaired) electrons. The molecule has 0 saturated heterocycles. The number of rotatable bonds is 8. The van der Waals surface area contributed by atoms with E-state index in [9.17, 15) is 9.59 Å². The van der Waals surface area contributed by atoms with Gasteiger partial charge in [0.15, 0.2) is 0 Å². The Hall–Kier alpha value is -1.27. The smallest absolute Gasteiger partial charge is 0.242 e. The van der Waals surface area contributed by atoms with E-state index >= 15 is 0 Å². The summed E-state index contributed by atoms with van der Waals surface area (Å²) in [4.78, 5) is 24.8. The van der Waals surface area contributed by atoms with Gasteiger partial charge in [-0.1, -0.05) is 12.2 Å². The fourth-order valence-corrected chi connectivity index (χ4v) is 2.68. The molecule has 0 spiro atoms. The highest BCUT2D eigenvalue weighted by atomic mass is 32.2. The van der Waals surface area contributed by atoms with Gasteiger partial charge in [-0.05, 0) is 42.5 Å². The van der Waals surface area contributed by atoms with Crippen molar-refractivity contribution >= 4 is 23.6 Å². The Kier molecular flexibility index (Phi) is 8.06. The summed E-state index contributed by atoms with van der Waals surface area (Å²) in [5.41, 5.74) is 5.44.